The lowest BCUT2D eigenvalue weighted by Crippen LogP contribution is -2.48. The maximum absolute atomic E-state index is 12.3. The molecule has 0 heterocycles. The van der Waals surface area contributed by atoms with Crippen LogP contribution in [0.4, 0.5) is 0 Å². The van der Waals surface area contributed by atoms with E-state index >= 15 is 0 Å². The topological polar surface area (TPSA) is 70.2 Å². The van der Waals surface area contributed by atoms with E-state index in [2.05, 4.69) is 16.2 Å². The Balaban J connectivity index is 1.54. The SMILES string of the molecule is Cc1ccccc1C(=O)NC(=S)NNC(=O)c1ccc(-c2ccccc2)cc1. The molecule has 0 bridgehead atoms. The van der Waals surface area contributed by atoms with Crippen molar-refractivity contribution < 1.29 is 9.59 Å². The summed E-state index contributed by atoms with van der Waals surface area (Å²) in [6, 6.07) is 24.3. The third kappa shape index (κ3) is 4.81. The monoisotopic (exact) mass is 389 g/mol. The first-order valence-electron chi connectivity index (χ1n) is 8.67. The van der Waals surface area contributed by atoms with Gasteiger partial charge < -0.3 is 0 Å². The van der Waals surface area contributed by atoms with Crippen molar-refractivity contribution in [2.75, 3.05) is 0 Å². The number of thiocarbonyl (C=S) groups is 1. The molecule has 3 N–H and O–H groups in total. The molecule has 0 saturated carbocycles. The van der Waals surface area contributed by atoms with E-state index in [0.717, 1.165) is 16.7 Å². The van der Waals surface area contributed by atoms with Crippen LogP contribution in [0, 0.1) is 6.92 Å². The molecule has 0 aliphatic carbocycles. The summed E-state index contributed by atoms with van der Waals surface area (Å²) in [6.45, 7) is 1.84. The number of rotatable bonds is 3. The zero-order valence-electron chi connectivity index (χ0n) is 15.2. The first kappa shape index (κ1) is 19.3. The smallest absolute Gasteiger partial charge is 0.269 e. The van der Waals surface area contributed by atoms with Crippen LogP contribution in [0.3, 0.4) is 0 Å². The van der Waals surface area contributed by atoms with Gasteiger partial charge in [-0.25, -0.2) is 0 Å². The van der Waals surface area contributed by atoms with Gasteiger partial charge in [-0.2, -0.15) is 0 Å². The van der Waals surface area contributed by atoms with Crippen LogP contribution < -0.4 is 16.2 Å². The maximum atomic E-state index is 12.3. The number of hydrazine groups is 1. The minimum Gasteiger partial charge on any atom is -0.298 e. The van der Waals surface area contributed by atoms with E-state index in [1.165, 1.54) is 0 Å². The summed E-state index contributed by atoms with van der Waals surface area (Å²) >= 11 is 5.07. The van der Waals surface area contributed by atoms with Crippen LogP contribution in [0.5, 0.6) is 0 Å². The van der Waals surface area contributed by atoms with Crippen molar-refractivity contribution in [3.8, 4) is 11.1 Å². The van der Waals surface area contributed by atoms with E-state index < -0.39 is 0 Å². The van der Waals surface area contributed by atoms with Gasteiger partial charge in [-0.05, 0) is 54.0 Å². The van der Waals surface area contributed by atoms with Crippen LogP contribution in [0.25, 0.3) is 11.1 Å². The predicted octanol–water partition coefficient (Wildman–Crippen LogP) is 3.61. The molecular weight excluding hydrogens is 370 g/mol. The minimum absolute atomic E-state index is 0.0162. The lowest BCUT2D eigenvalue weighted by atomic mass is 10.0. The Labute approximate surface area is 168 Å². The molecule has 6 heteroatoms. The number of benzene rings is 3. The molecule has 2 amide bonds. The molecule has 0 saturated heterocycles. The summed E-state index contributed by atoms with van der Waals surface area (Å²) in [5, 5.41) is 2.56. The summed E-state index contributed by atoms with van der Waals surface area (Å²) < 4.78 is 0. The number of nitrogens with one attached hydrogen (secondary N) is 3. The van der Waals surface area contributed by atoms with E-state index in [1.807, 2.05) is 61.5 Å². The normalized spacial score (nSPS) is 10.0. The molecule has 140 valence electrons. The molecule has 3 rings (SSSR count). The van der Waals surface area contributed by atoms with Gasteiger partial charge in [0.15, 0.2) is 5.11 Å². The molecule has 0 aliphatic rings. The average molecular weight is 389 g/mol. The summed E-state index contributed by atoms with van der Waals surface area (Å²) in [5.74, 6) is -0.691. The molecule has 0 aliphatic heterocycles. The second-order valence-corrected chi connectivity index (χ2v) is 6.53. The Morgan fingerprint density at radius 1 is 0.714 bits per heavy atom. The third-order valence-electron chi connectivity index (χ3n) is 4.16. The van der Waals surface area contributed by atoms with E-state index in [-0.39, 0.29) is 16.9 Å². The zero-order valence-corrected chi connectivity index (χ0v) is 16.0. The summed E-state index contributed by atoms with van der Waals surface area (Å²) in [6.07, 6.45) is 0. The van der Waals surface area contributed by atoms with Crippen molar-refractivity contribution >= 4 is 29.1 Å². The summed E-state index contributed by atoms with van der Waals surface area (Å²) in [4.78, 5) is 24.5. The van der Waals surface area contributed by atoms with Gasteiger partial charge in [0, 0.05) is 11.1 Å². The highest BCUT2D eigenvalue weighted by molar-refractivity contribution is 7.80. The lowest BCUT2D eigenvalue weighted by Gasteiger charge is -2.12. The predicted molar refractivity (Wildman–Crippen MR) is 114 cm³/mol. The van der Waals surface area contributed by atoms with Gasteiger partial charge in [0.25, 0.3) is 11.8 Å². The van der Waals surface area contributed by atoms with Gasteiger partial charge in [0.05, 0.1) is 0 Å². The quantitative estimate of drug-likeness (QED) is 0.473. The Morgan fingerprint density at radius 2 is 1.32 bits per heavy atom. The minimum atomic E-state index is -0.355. The fourth-order valence-corrected chi connectivity index (χ4v) is 2.80. The standard InChI is InChI=1S/C22H19N3O2S/c1-15-7-5-6-10-19(15)21(27)23-22(28)25-24-20(26)18-13-11-17(12-14-18)16-8-3-2-4-9-16/h2-14H,1H3,(H,24,26)(H2,23,25,27,28). The van der Waals surface area contributed by atoms with Gasteiger partial charge in [0.2, 0.25) is 0 Å². The molecule has 0 aromatic heterocycles. The molecule has 0 radical (unpaired) electrons. The number of hydrogen-bond donors (Lipinski definition) is 3. The molecule has 3 aromatic carbocycles. The number of hydrogen-bond acceptors (Lipinski definition) is 3. The van der Waals surface area contributed by atoms with Crippen molar-refractivity contribution in [3.05, 3.63) is 95.6 Å². The molecule has 3 aromatic rings. The Morgan fingerprint density at radius 3 is 2.00 bits per heavy atom. The fraction of sp³-hybridized carbons (Fsp3) is 0.0455. The van der Waals surface area contributed by atoms with Crippen LogP contribution in [0.15, 0.2) is 78.9 Å². The van der Waals surface area contributed by atoms with Crippen LogP contribution in [-0.4, -0.2) is 16.9 Å². The van der Waals surface area contributed by atoms with Crippen molar-refractivity contribution in [1.29, 1.82) is 0 Å². The summed E-state index contributed by atoms with van der Waals surface area (Å²) in [7, 11) is 0. The fourth-order valence-electron chi connectivity index (χ4n) is 2.66. The first-order chi connectivity index (χ1) is 13.5. The largest absolute Gasteiger partial charge is 0.298 e. The van der Waals surface area contributed by atoms with E-state index in [9.17, 15) is 9.59 Å². The zero-order chi connectivity index (χ0) is 19.9. The second-order valence-electron chi connectivity index (χ2n) is 6.12. The van der Waals surface area contributed by atoms with Crippen molar-refractivity contribution in [2.24, 2.45) is 0 Å². The average Bonchev–Trinajstić information content (AvgIpc) is 2.73. The van der Waals surface area contributed by atoms with Crippen molar-refractivity contribution in [1.82, 2.24) is 16.2 Å². The molecule has 5 nitrogen and oxygen atoms in total. The molecule has 0 unspecified atom stereocenters. The number of carbonyl (C=O) groups is 2. The summed E-state index contributed by atoms with van der Waals surface area (Å²) in [5.41, 5.74) is 8.96. The molecule has 0 fully saturated rings. The number of carbonyl (C=O) groups excluding carboxylic acids is 2. The van der Waals surface area contributed by atoms with Crippen molar-refractivity contribution in [3.63, 3.8) is 0 Å². The van der Waals surface area contributed by atoms with Crippen LogP contribution >= 0.6 is 12.2 Å². The van der Waals surface area contributed by atoms with Gasteiger partial charge in [-0.15, -0.1) is 0 Å². The first-order valence-corrected chi connectivity index (χ1v) is 9.08. The Hall–Kier alpha value is -3.51. The van der Waals surface area contributed by atoms with E-state index in [4.69, 9.17) is 12.2 Å². The Bertz CT molecular complexity index is 1000. The molecule has 0 atom stereocenters. The molecule has 28 heavy (non-hydrogen) atoms. The van der Waals surface area contributed by atoms with E-state index in [1.54, 1.807) is 24.3 Å². The van der Waals surface area contributed by atoms with Gasteiger partial charge in [-0.3, -0.25) is 25.8 Å². The molecular formula is C22H19N3O2S. The second kappa shape index (κ2) is 8.92. The van der Waals surface area contributed by atoms with Crippen molar-refractivity contribution in [2.45, 2.75) is 6.92 Å². The lowest BCUT2D eigenvalue weighted by molar-refractivity contribution is 0.0934. The maximum Gasteiger partial charge on any atom is 0.269 e. The van der Waals surface area contributed by atoms with Crippen LogP contribution in [-0.2, 0) is 0 Å². The van der Waals surface area contributed by atoms with Gasteiger partial charge >= 0.3 is 0 Å². The van der Waals surface area contributed by atoms with Gasteiger partial charge in [-0.1, -0.05) is 60.7 Å². The Kier molecular flexibility index (Phi) is 6.14. The third-order valence-corrected chi connectivity index (χ3v) is 4.36. The van der Waals surface area contributed by atoms with Gasteiger partial charge in [0.1, 0.15) is 0 Å². The highest BCUT2D eigenvalue weighted by Gasteiger charge is 2.11. The van der Waals surface area contributed by atoms with Crippen LogP contribution in [0.1, 0.15) is 26.3 Å². The highest BCUT2D eigenvalue weighted by Crippen LogP contribution is 2.19. The highest BCUT2D eigenvalue weighted by atomic mass is 32.1. The number of amides is 2. The number of aryl methyl sites for hydroxylation is 1. The van der Waals surface area contributed by atoms with Crippen LogP contribution in [0.2, 0.25) is 0 Å². The van der Waals surface area contributed by atoms with E-state index in [0.29, 0.717) is 11.1 Å². The molecule has 0 spiro atoms.